The molecule has 0 saturated carbocycles. The number of benzene rings is 1. The molecule has 0 aliphatic rings. The van der Waals surface area contributed by atoms with Crippen LogP contribution in [0.2, 0.25) is 0 Å². The van der Waals surface area contributed by atoms with Gasteiger partial charge in [0, 0.05) is 11.6 Å². The molecule has 0 radical (unpaired) electrons. The third-order valence-corrected chi connectivity index (χ3v) is 1.30. The van der Waals surface area contributed by atoms with Gasteiger partial charge in [-0.2, -0.15) is 5.10 Å². The van der Waals surface area contributed by atoms with Crippen LogP contribution in [0.5, 0.6) is 0 Å². The number of halogens is 2. The summed E-state index contributed by atoms with van der Waals surface area (Å²) in [6.45, 7) is 0. The van der Waals surface area contributed by atoms with Gasteiger partial charge < -0.3 is 11.6 Å². The third kappa shape index (κ3) is 1.69. The lowest BCUT2D eigenvalue weighted by molar-refractivity contribution is 0.583. The van der Waals surface area contributed by atoms with E-state index >= 15 is 0 Å². The van der Waals surface area contributed by atoms with E-state index in [-0.39, 0.29) is 11.4 Å². The summed E-state index contributed by atoms with van der Waals surface area (Å²) in [5.74, 6) is 3.30. The number of hydrogen-bond donors (Lipinski definition) is 2. The monoisotopic (exact) mass is 171 g/mol. The minimum Gasteiger partial charge on any atom is -0.382 e. The molecule has 0 bridgehead atoms. The maximum absolute atomic E-state index is 12.5. The molecular weight excluding hydrogens is 164 g/mol. The van der Waals surface area contributed by atoms with Crippen molar-refractivity contribution in [1.82, 2.24) is 0 Å². The zero-order chi connectivity index (χ0) is 9.14. The Morgan fingerprint density at radius 2 is 1.67 bits per heavy atom. The molecule has 1 rings (SSSR count). The van der Waals surface area contributed by atoms with Gasteiger partial charge in [-0.05, 0) is 12.1 Å². The lowest BCUT2D eigenvalue weighted by Gasteiger charge is -1.98. The van der Waals surface area contributed by atoms with Gasteiger partial charge in [0.2, 0.25) is 0 Å². The Morgan fingerprint density at radius 1 is 1.17 bits per heavy atom. The zero-order valence-corrected chi connectivity index (χ0v) is 6.09. The van der Waals surface area contributed by atoms with Gasteiger partial charge in [-0.25, -0.2) is 8.78 Å². The predicted molar refractivity (Wildman–Crippen MR) is 41.3 cm³/mol. The molecule has 0 fully saturated rings. The van der Waals surface area contributed by atoms with Crippen molar-refractivity contribution in [1.29, 1.82) is 0 Å². The molecule has 0 aliphatic heterocycles. The van der Waals surface area contributed by atoms with E-state index in [4.69, 9.17) is 11.6 Å². The van der Waals surface area contributed by atoms with Crippen molar-refractivity contribution in [3.8, 4) is 0 Å². The minimum atomic E-state index is -0.711. The Labute approximate surface area is 67.7 Å². The quantitative estimate of drug-likeness (QED) is 0.280. The number of nitrogens with two attached hydrogens (primary N) is 2. The molecule has 3 nitrogen and oxygen atoms in total. The van der Waals surface area contributed by atoms with E-state index in [1.54, 1.807) is 0 Å². The molecule has 12 heavy (non-hydrogen) atoms. The summed E-state index contributed by atoms with van der Waals surface area (Å²) >= 11 is 0. The first-order valence-corrected chi connectivity index (χ1v) is 3.13. The molecule has 0 amide bonds. The standard InChI is InChI=1S/C7H7F2N3/c8-5-1-4(7(10)12-11)2-6(9)3-5/h1-3H,11H2,(H2,10,12). The maximum Gasteiger partial charge on any atom is 0.150 e. The Balaban J connectivity index is 3.17. The van der Waals surface area contributed by atoms with Gasteiger partial charge in [0.05, 0.1) is 0 Å². The topological polar surface area (TPSA) is 64.4 Å². The van der Waals surface area contributed by atoms with Crippen molar-refractivity contribution < 1.29 is 8.78 Å². The second kappa shape index (κ2) is 3.17. The molecule has 4 N–H and O–H groups in total. The fraction of sp³-hybridized carbons (Fsp3) is 0. The van der Waals surface area contributed by atoms with E-state index in [1.807, 2.05) is 0 Å². The number of rotatable bonds is 1. The highest BCUT2D eigenvalue weighted by atomic mass is 19.1. The van der Waals surface area contributed by atoms with Crippen molar-refractivity contribution >= 4 is 5.84 Å². The highest BCUT2D eigenvalue weighted by molar-refractivity contribution is 5.97. The van der Waals surface area contributed by atoms with Gasteiger partial charge in [0.15, 0.2) is 0 Å². The molecule has 0 heterocycles. The Kier molecular flexibility index (Phi) is 2.23. The maximum atomic E-state index is 12.5. The number of hydrazone groups is 1. The molecule has 0 aromatic heterocycles. The molecule has 64 valence electrons. The second-order valence-electron chi connectivity index (χ2n) is 2.17. The van der Waals surface area contributed by atoms with Gasteiger partial charge in [-0.1, -0.05) is 0 Å². The molecule has 0 spiro atoms. The van der Waals surface area contributed by atoms with E-state index in [2.05, 4.69) is 5.10 Å². The number of amidine groups is 1. The number of nitrogens with zero attached hydrogens (tertiary/aromatic N) is 1. The summed E-state index contributed by atoms with van der Waals surface area (Å²) in [5, 5.41) is 3.10. The molecule has 0 atom stereocenters. The van der Waals surface area contributed by atoms with Gasteiger partial charge in [-0.15, -0.1) is 0 Å². The highest BCUT2D eigenvalue weighted by Crippen LogP contribution is 2.06. The van der Waals surface area contributed by atoms with Crippen LogP contribution in [0, 0.1) is 11.6 Å². The first-order valence-electron chi connectivity index (χ1n) is 3.13. The van der Waals surface area contributed by atoms with Crippen molar-refractivity contribution in [3.63, 3.8) is 0 Å². The summed E-state index contributed by atoms with van der Waals surface area (Å²) in [5.41, 5.74) is 5.36. The lowest BCUT2D eigenvalue weighted by Crippen LogP contribution is -2.15. The van der Waals surface area contributed by atoms with Crippen LogP contribution in [-0.4, -0.2) is 5.84 Å². The molecule has 0 saturated heterocycles. The fourth-order valence-electron chi connectivity index (χ4n) is 0.776. The van der Waals surface area contributed by atoms with Gasteiger partial charge in [0.1, 0.15) is 17.5 Å². The van der Waals surface area contributed by atoms with E-state index < -0.39 is 11.6 Å². The summed E-state index contributed by atoms with van der Waals surface area (Å²) in [4.78, 5) is 0. The second-order valence-corrected chi connectivity index (χ2v) is 2.17. The average molecular weight is 171 g/mol. The van der Waals surface area contributed by atoms with E-state index in [0.29, 0.717) is 0 Å². The van der Waals surface area contributed by atoms with E-state index in [0.717, 1.165) is 18.2 Å². The molecule has 1 aromatic rings. The SMILES string of the molecule is NN=C(N)c1cc(F)cc(F)c1. The first-order chi connectivity index (χ1) is 5.63. The van der Waals surface area contributed by atoms with Crippen molar-refractivity contribution in [2.75, 3.05) is 0 Å². The molecule has 0 unspecified atom stereocenters. The minimum absolute atomic E-state index is 0.103. The van der Waals surface area contributed by atoms with Crippen LogP contribution in [0.15, 0.2) is 23.3 Å². The first kappa shape index (κ1) is 8.45. The van der Waals surface area contributed by atoms with Crippen LogP contribution >= 0.6 is 0 Å². The Bertz CT molecular complexity index is 302. The summed E-state index contributed by atoms with van der Waals surface area (Å²) in [6, 6.07) is 2.84. The largest absolute Gasteiger partial charge is 0.382 e. The van der Waals surface area contributed by atoms with E-state index in [9.17, 15) is 8.78 Å². The van der Waals surface area contributed by atoms with Crippen LogP contribution in [0.25, 0.3) is 0 Å². The lowest BCUT2D eigenvalue weighted by atomic mass is 10.2. The van der Waals surface area contributed by atoms with Crippen LogP contribution < -0.4 is 11.6 Å². The van der Waals surface area contributed by atoms with Crippen LogP contribution in [0.1, 0.15) is 5.56 Å². The van der Waals surface area contributed by atoms with Crippen molar-refractivity contribution in [3.05, 3.63) is 35.4 Å². The number of hydrogen-bond acceptors (Lipinski definition) is 2. The van der Waals surface area contributed by atoms with Crippen LogP contribution in [0.3, 0.4) is 0 Å². The fourth-order valence-corrected chi connectivity index (χ4v) is 0.776. The van der Waals surface area contributed by atoms with Crippen molar-refractivity contribution in [2.24, 2.45) is 16.7 Å². The Morgan fingerprint density at radius 3 is 2.08 bits per heavy atom. The molecular formula is C7H7F2N3. The summed E-state index contributed by atoms with van der Waals surface area (Å²) in [7, 11) is 0. The zero-order valence-electron chi connectivity index (χ0n) is 6.09. The highest BCUT2D eigenvalue weighted by Gasteiger charge is 2.02. The summed E-state index contributed by atoms with van der Waals surface area (Å²) < 4.78 is 25.1. The average Bonchev–Trinajstić information content (AvgIpc) is 2.01. The molecule has 0 aliphatic carbocycles. The van der Waals surface area contributed by atoms with E-state index in [1.165, 1.54) is 0 Å². The van der Waals surface area contributed by atoms with Gasteiger partial charge in [-0.3, -0.25) is 0 Å². The summed E-state index contributed by atoms with van der Waals surface area (Å²) in [6.07, 6.45) is 0. The predicted octanol–water partition coefficient (Wildman–Crippen LogP) is 0.544. The van der Waals surface area contributed by atoms with Crippen LogP contribution in [0.4, 0.5) is 8.78 Å². The molecule has 5 heteroatoms. The Hall–Kier alpha value is -1.65. The third-order valence-electron chi connectivity index (χ3n) is 1.30. The van der Waals surface area contributed by atoms with Crippen molar-refractivity contribution in [2.45, 2.75) is 0 Å². The van der Waals surface area contributed by atoms with Gasteiger partial charge in [0.25, 0.3) is 0 Å². The molecule has 1 aromatic carbocycles. The van der Waals surface area contributed by atoms with Crippen LogP contribution in [-0.2, 0) is 0 Å². The smallest absolute Gasteiger partial charge is 0.150 e. The van der Waals surface area contributed by atoms with Gasteiger partial charge >= 0.3 is 0 Å². The normalized spacial score (nSPS) is 11.7.